The van der Waals surface area contributed by atoms with Crippen LogP contribution in [0.4, 0.5) is 18.0 Å². The highest BCUT2D eigenvalue weighted by Gasteiger charge is 2.45. The summed E-state index contributed by atoms with van der Waals surface area (Å²) >= 11 is 0. The van der Waals surface area contributed by atoms with E-state index in [4.69, 9.17) is 5.11 Å². The minimum absolute atomic E-state index is 0.0847. The van der Waals surface area contributed by atoms with Gasteiger partial charge in [0.2, 0.25) is 0 Å². The molecule has 3 atom stereocenters. The second kappa shape index (κ2) is 5.70. The van der Waals surface area contributed by atoms with Gasteiger partial charge in [0.05, 0.1) is 6.10 Å². The fourth-order valence-electron chi connectivity index (χ4n) is 3.16. The van der Waals surface area contributed by atoms with Crippen LogP contribution in [-0.2, 0) is 4.79 Å². The lowest BCUT2D eigenvalue weighted by Crippen LogP contribution is -2.48. The van der Waals surface area contributed by atoms with E-state index in [1.54, 1.807) is 0 Å². The van der Waals surface area contributed by atoms with E-state index in [2.05, 4.69) is 0 Å². The first kappa shape index (κ1) is 15.9. The fourth-order valence-corrected chi connectivity index (χ4v) is 3.16. The standard InChI is InChI=1S/C12H17F3N2O4/c13-12(14,15)6-17(5-10(19)20)11(21)16-3-7-1-2-9(18)8(7)4-16/h7-9,18H,1-6H2,(H,19,20). The molecule has 0 aromatic rings. The summed E-state index contributed by atoms with van der Waals surface area (Å²) < 4.78 is 37.4. The van der Waals surface area contributed by atoms with Crippen LogP contribution in [0.25, 0.3) is 0 Å². The predicted octanol–water partition coefficient (Wildman–Crippen LogP) is 0.758. The Morgan fingerprint density at radius 1 is 1.24 bits per heavy atom. The van der Waals surface area contributed by atoms with Gasteiger partial charge in [-0.3, -0.25) is 4.79 Å². The van der Waals surface area contributed by atoms with Crippen LogP contribution in [0.1, 0.15) is 12.8 Å². The number of likely N-dealkylation sites (tertiary alicyclic amines) is 1. The van der Waals surface area contributed by atoms with Crippen molar-refractivity contribution in [3.8, 4) is 0 Å². The molecule has 0 bridgehead atoms. The molecule has 0 spiro atoms. The molecule has 2 aliphatic rings. The number of nitrogens with zero attached hydrogens (tertiary/aromatic N) is 2. The first-order valence-electron chi connectivity index (χ1n) is 6.68. The van der Waals surface area contributed by atoms with Crippen LogP contribution < -0.4 is 0 Å². The molecule has 0 radical (unpaired) electrons. The average Bonchev–Trinajstić information content (AvgIpc) is 2.88. The number of aliphatic carboxylic acids is 1. The van der Waals surface area contributed by atoms with E-state index in [0.29, 0.717) is 6.42 Å². The first-order valence-corrected chi connectivity index (χ1v) is 6.68. The monoisotopic (exact) mass is 310 g/mol. The van der Waals surface area contributed by atoms with E-state index in [1.807, 2.05) is 0 Å². The Labute approximate surface area is 119 Å². The molecule has 120 valence electrons. The predicted molar refractivity (Wildman–Crippen MR) is 64.5 cm³/mol. The Hall–Kier alpha value is -1.51. The highest BCUT2D eigenvalue weighted by Crippen LogP contribution is 2.38. The average molecular weight is 310 g/mol. The zero-order chi connectivity index (χ0) is 15.8. The smallest absolute Gasteiger partial charge is 0.406 e. The lowest BCUT2D eigenvalue weighted by molar-refractivity contribution is -0.149. The quantitative estimate of drug-likeness (QED) is 0.806. The summed E-state index contributed by atoms with van der Waals surface area (Å²) in [5, 5.41) is 18.4. The van der Waals surface area contributed by atoms with Crippen LogP contribution in [0.3, 0.4) is 0 Å². The Balaban J connectivity index is 2.03. The van der Waals surface area contributed by atoms with Gasteiger partial charge in [0.1, 0.15) is 13.1 Å². The number of urea groups is 1. The molecule has 0 aromatic heterocycles. The summed E-state index contributed by atoms with van der Waals surface area (Å²) in [4.78, 5) is 24.2. The van der Waals surface area contributed by atoms with Gasteiger partial charge in [-0.15, -0.1) is 0 Å². The summed E-state index contributed by atoms with van der Waals surface area (Å²) in [7, 11) is 0. The van der Waals surface area contributed by atoms with Gasteiger partial charge in [0, 0.05) is 19.0 Å². The lowest BCUT2D eigenvalue weighted by Gasteiger charge is -2.28. The number of fused-ring (bicyclic) bond motifs is 1. The maximum Gasteiger partial charge on any atom is 0.406 e. The summed E-state index contributed by atoms with van der Waals surface area (Å²) in [5.41, 5.74) is 0. The number of aliphatic hydroxyl groups is 1. The number of halogens is 3. The number of carbonyl (C=O) groups is 2. The minimum atomic E-state index is -4.65. The van der Waals surface area contributed by atoms with E-state index in [9.17, 15) is 27.9 Å². The molecule has 3 unspecified atom stereocenters. The minimum Gasteiger partial charge on any atom is -0.480 e. The van der Waals surface area contributed by atoms with Gasteiger partial charge in [0.15, 0.2) is 0 Å². The highest BCUT2D eigenvalue weighted by atomic mass is 19.4. The van der Waals surface area contributed by atoms with Gasteiger partial charge in [-0.1, -0.05) is 0 Å². The van der Waals surface area contributed by atoms with Gasteiger partial charge in [0.25, 0.3) is 0 Å². The van der Waals surface area contributed by atoms with E-state index < -0.39 is 37.4 Å². The molecule has 1 saturated heterocycles. The van der Waals surface area contributed by atoms with Crippen LogP contribution >= 0.6 is 0 Å². The van der Waals surface area contributed by atoms with Crippen molar-refractivity contribution >= 4 is 12.0 Å². The Morgan fingerprint density at radius 3 is 2.43 bits per heavy atom. The largest absolute Gasteiger partial charge is 0.480 e. The number of amides is 2. The summed E-state index contributed by atoms with van der Waals surface area (Å²) in [6.45, 7) is -2.13. The molecule has 2 N–H and O–H groups in total. The zero-order valence-corrected chi connectivity index (χ0v) is 11.2. The third-order valence-electron chi connectivity index (χ3n) is 4.06. The number of hydrogen-bond donors (Lipinski definition) is 2. The van der Waals surface area contributed by atoms with Crippen LogP contribution in [-0.4, -0.2) is 70.5 Å². The molecule has 2 rings (SSSR count). The molecule has 9 heteroatoms. The van der Waals surface area contributed by atoms with Crippen molar-refractivity contribution < 1.29 is 33.0 Å². The third-order valence-corrected chi connectivity index (χ3v) is 4.06. The third kappa shape index (κ3) is 3.78. The van der Waals surface area contributed by atoms with E-state index >= 15 is 0 Å². The van der Waals surface area contributed by atoms with Crippen molar-refractivity contribution in [2.24, 2.45) is 11.8 Å². The number of carboxylic acids is 1. The molecule has 1 saturated carbocycles. The van der Waals surface area contributed by atoms with Crippen LogP contribution in [0, 0.1) is 11.8 Å². The normalized spacial score (nSPS) is 28.6. The topological polar surface area (TPSA) is 81.1 Å². The second-order valence-corrected chi connectivity index (χ2v) is 5.62. The summed E-state index contributed by atoms with van der Waals surface area (Å²) in [6, 6.07) is -0.934. The van der Waals surface area contributed by atoms with Gasteiger partial charge in [-0.05, 0) is 18.8 Å². The van der Waals surface area contributed by atoms with Gasteiger partial charge in [-0.25, -0.2) is 4.79 Å². The Kier molecular flexibility index (Phi) is 4.31. The summed E-state index contributed by atoms with van der Waals surface area (Å²) in [5.74, 6) is -1.53. The van der Waals surface area contributed by atoms with Crippen molar-refractivity contribution in [3.05, 3.63) is 0 Å². The molecule has 6 nitrogen and oxygen atoms in total. The zero-order valence-electron chi connectivity index (χ0n) is 11.2. The molecule has 2 amide bonds. The molecule has 21 heavy (non-hydrogen) atoms. The Morgan fingerprint density at radius 2 is 1.90 bits per heavy atom. The van der Waals surface area contributed by atoms with Gasteiger partial charge >= 0.3 is 18.2 Å². The van der Waals surface area contributed by atoms with Crippen LogP contribution in [0.2, 0.25) is 0 Å². The molecule has 2 fully saturated rings. The molecule has 1 aliphatic heterocycles. The summed E-state index contributed by atoms with van der Waals surface area (Å²) in [6.07, 6.45) is -3.82. The van der Waals surface area contributed by atoms with Crippen molar-refractivity contribution in [1.82, 2.24) is 9.80 Å². The molecule has 1 heterocycles. The fraction of sp³-hybridized carbons (Fsp3) is 0.833. The molecule has 1 aliphatic carbocycles. The van der Waals surface area contributed by atoms with Gasteiger partial charge in [-0.2, -0.15) is 13.2 Å². The SMILES string of the molecule is O=C(O)CN(CC(F)(F)F)C(=O)N1CC2CCC(O)C2C1. The van der Waals surface area contributed by atoms with Crippen molar-refractivity contribution in [3.63, 3.8) is 0 Å². The molecule has 0 aromatic carbocycles. The van der Waals surface area contributed by atoms with Crippen LogP contribution in [0.5, 0.6) is 0 Å². The number of hydrogen-bond acceptors (Lipinski definition) is 3. The van der Waals surface area contributed by atoms with Crippen molar-refractivity contribution in [2.45, 2.75) is 25.1 Å². The molecular formula is C12H17F3N2O4. The maximum absolute atomic E-state index is 12.5. The number of alkyl halides is 3. The number of rotatable bonds is 3. The van der Waals surface area contributed by atoms with E-state index in [1.165, 1.54) is 4.90 Å². The van der Waals surface area contributed by atoms with Gasteiger partial charge < -0.3 is 20.0 Å². The molecular weight excluding hydrogens is 293 g/mol. The van der Waals surface area contributed by atoms with Crippen molar-refractivity contribution in [1.29, 1.82) is 0 Å². The highest BCUT2D eigenvalue weighted by molar-refractivity contribution is 5.80. The number of carboxylic acid groups (broad SMARTS) is 1. The van der Waals surface area contributed by atoms with E-state index in [-0.39, 0.29) is 29.8 Å². The number of carbonyl (C=O) groups excluding carboxylic acids is 1. The lowest BCUT2D eigenvalue weighted by atomic mass is 10.00. The first-order chi connectivity index (χ1) is 9.67. The van der Waals surface area contributed by atoms with Crippen molar-refractivity contribution in [2.75, 3.05) is 26.2 Å². The van der Waals surface area contributed by atoms with Crippen LogP contribution in [0.15, 0.2) is 0 Å². The Bertz CT molecular complexity index is 429. The number of aliphatic hydroxyl groups excluding tert-OH is 1. The second-order valence-electron chi connectivity index (χ2n) is 5.62. The van der Waals surface area contributed by atoms with E-state index in [0.717, 1.165) is 6.42 Å². The maximum atomic E-state index is 12.5.